The Balaban J connectivity index is 2.03. The van der Waals surface area contributed by atoms with Gasteiger partial charge >= 0.3 is 0 Å². The first kappa shape index (κ1) is 17.8. The summed E-state index contributed by atoms with van der Waals surface area (Å²) in [5.41, 5.74) is 4.00. The first-order valence-electron chi connectivity index (χ1n) is 8.22. The minimum absolute atomic E-state index is 0.196. The summed E-state index contributed by atoms with van der Waals surface area (Å²) >= 11 is 5.94. The molecule has 0 atom stereocenters. The highest BCUT2D eigenvalue weighted by molar-refractivity contribution is 6.30. The van der Waals surface area contributed by atoms with E-state index < -0.39 is 0 Å². The molecular formula is C22H19ClN2O. The van der Waals surface area contributed by atoms with Crippen LogP contribution in [-0.2, 0) is 0 Å². The quantitative estimate of drug-likeness (QED) is 0.554. The van der Waals surface area contributed by atoms with Gasteiger partial charge in [0.1, 0.15) is 5.75 Å². The molecule has 0 aliphatic heterocycles. The topological polar surface area (TPSA) is 38.0 Å². The molecule has 1 heterocycles. The van der Waals surface area contributed by atoms with Gasteiger partial charge in [0.2, 0.25) is 0 Å². The molecule has 1 aromatic heterocycles. The second-order valence-electron chi connectivity index (χ2n) is 5.76. The Kier molecular flexibility index (Phi) is 5.40. The minimum atomic E-state index is 0.196. The Labute approximate surface area is 158 Å². The number of phenols is 1. The Bertz CT molecular complexity index is 982. The third-order valence-corrected chi connectivity index (χ3v) is 4.12. The van der Waals surface area contributed by atoms with Gasteiger partial charge in [-0.1, -0.05) is 54.6 Å². The molecule has 0 bridgehead atoms. The second-order valence-corrected chi connectivity index (χ2v) is 6.20. The summed E-state index contributed by atoms with van der Waals surface area (Å²) in [6.07, 6.45) is 7.76. The van der Waals surface area contributed by atoms with Gasteiger partial charge in [-0.25, -0.2) is 4.68 Å². The van der Waals surface area contributed by atoms with Gasteiger partial charge in [0.15, 0.2) is 0 Å². The van der Waals surface area contributed by atoms with Crippen LogP contribution in [0.2, 0.25) is 5.02 Å². The van der Waals surface area contributed by atoms with Gasteiger partial charge in [-0.2, -0.15) is 5.10 Å². The number of halogens is 1. The number of nitrogens with zero attached hydrogens (tertiary/aromatic N) is 2. The van der Waals surface area contributed by atoms with Gasteiger partial charge in [-0.3, -0.25) is 0 Å². The molecule has 26 heavy (non-hydrogen) atoms. The van der Waals surface area contributed by atoms with E-state index in [1.165, 1.54) is 0 Å². The zero-order valence-corrected chi connectivity index (χ0v) is 15.2. The highest BCUT2D eigenvalue weighted by Gasteiger charge is 2.11. The molecular weight excluding hydrogens is 344 g/mol. The largest absolute Gasteiger partial charge is 0.507 e. The third-order valence-electron chi connectivity index (χ3n) is 3.86. The van der Waals surface area contributed by atoms with E-state index in [-0.39, 0.29) is 5.75 Å². The number of aromatic hydroxyl groups is 1. The molecule has 3 rings (SSSR count). The average Bonchev–Trinajstić information content (AvgIpc) is 3.06. The van der Waals surface area contributed by atoms with Crippen LogP contribution in [0, 0.1) is 0 Å². The molecule has 0 aliphatic carbocycles. The van der Waals surface area contributed by atoms with Gasteiger partial charge in [0.25, 0.3) is 0 Å². The van der Waals surface area contributed by atoms with Crippen LogP contribution in [0.5, 0.6) is 5.75 Å². The second kappa shape index (κ2) is 7.89. The van der Waals surface area contributed by atoms with Crippen molar-refractivity contribution >= 4 is 29.5 Å². The molecule has 0 saturated carbocycles. The molecule has 130 valence electrons. The van der Waals surface area contributed by atoms with E-state index in [0.717, 1.165) is 17.0 Å². The van der Waals surface area contributed by atoms with Gasteiger partial charge in [0, 0.05) is 10.6 Å². The molecule has 4 heteroatoms. The van der Waals surface area contributed by atoms with E-state index in [0.29, 0.717) is 16.3 Å². The number of benzene rings is 2. The third kappa shape index (κ3) is 3.95. The van der Waals surface area contributed by atoms with E-state index in [1.807, 2.05) is 73.7 Å². The molecule has 3 nitrogen and oxygen atoms in total. The zero-order valence-electron chi connectivity index (χ0n) is 14.4. The fraction of sp³-hybridized carbons (Fsp3) is 0.0455. The van der Waals surface area contributed by atoms with E-state index in [9.17, 15) is 5.11 Å². The first-order chi connectivity index (χ1) is 12.6. The summed E-state index contributed by atoms with van der Waals surface area (Å²) in [5, 5.41) is 15.4. The van der Waals surface area contributed by atoms with Gasteiger partial charge < -0.3 is 5.11 Å². The van der Waals surface area contributed by atoms with Crippen LogP contribution in [0.3, 0.4) is 0 Å². The molecule has 0 spiro atoms. The van der Waals surface area contributed by atoms with Crippen molar-refractivity contribution < 1.29 is 5.11 Å². The standard InChI is InChI=1S/C22H19ClN2O/c1-3-6-16(2)25-19(14-11-17-9-12-18(23)13-10-17)15-21(24-25)20-7-4-5-8-22(20)26/h3-15,26H,2H2,1H3. The fourth-order valence-corrected chi connectivity index (χ4v) is 2.71. The summed E-state index contributed by atoms with van der Waals surface area (Å²) in [7, 11) is 0. The van der Waals surface area contributed by atoms with E-state index in [1.54, 1.807) is 16.8 Å². The van der Waals surface area contributed by atoms with Crippen LogP contribution >= 0.6 is 11.6 Å². The Morgan fingerprint density at radius 3 is 2.54 bits per heavy atom. The van der Waals surface area contributed by atoms with Crippen LogP contribution in [0.25, 0.3) is 29.1 Å². The smallest absolute Gasteiger partial charge is 0.125 e. The summed E-state index contributed by atoms with van der Waals surface area (Å²) in [6.45, 7) is 6.00. The average molecular weight is 363 g/mol. The number of aromatic nitrogens is 2. The van der Waals surface area contributed by atoms with E-state index >= 15 is 0 Å². The summed E-state index contributed by atoms with van der Waals surface area (Å²) in [5.74, 6) is 0.196. The molecule has 3 aromatic rings. The Hall–Kier alpha value is -3.04. The zero-order chi connectivity index (χ0) is 18.5. The molecule has 0 aliphatic rings. The lowest BCUT2D eigenvalue weighted by Gasteiger charge is -2.04. The van der Waals surface area contributed by atoms with Crippen molar-refractivity contribution in [3.8, 4) is 17.0 Å². The Morgan fingerprint density at radius 1 is 1.12 bits per heavy atom. The molecule has 0 unspecified atom stereocenters. The monoisotopic (exact) mass is 362 g/mol. The lowest BCUT2D eigenvalue weighted by atomic mass is 10.1. The summed E-state index contributed by atoms with van der Waals surface area (Å²) in [4.78, 5) is 0. The molecule has 0 saturated heterocycles. The van der Waals surface area contributed by atoms with E-state index in [2.05, 4.69) is 11.7 Å². The van der Waals surface area contributed by atoms with Gasteiger partial charge in [0.05, 0.1) is 17.1 Å². The van der Waals surface area contributed by atoms with Crippen molar-refractivity contribution in [1.29, 1.82) is 0 Å². The maximum Gasteiger partial charge on any atom is 0.125 e. The van der Waals surface area contributed by atoms with Crippen molar-refractivity contribution in [1.82, 2.24) is 9.78 Å². The van der Waals surface area contributed by atoms with Crippen molar-refractivity contribution in [2.24, 2.45) is 0 Å². The number of allylic oxidation sites excluding steroid dienone is 3. The number of rotatable bonds is 5. The lowest BCUT2D eigenvalue weighted by Crippen LogP contribution is -1.98. The van der Waals surface area contributed by atoms with Crippen LogP contribution < -0.4 is 0 Å². The highest BCUT2D eigenvalue weighted by Crippen LogP contribution is 2.29. The van der Waals surface area contributed by atoms with Crippen LogP contribution in [0.1, 0.15) is 18.2 Å². The number of hydrogen-bond donors (Lipinski definition) is 1. The van der Waals surface area contributed by atoms with Crippen LogP contribution in [0.15, 0.2) is 73.3 Å². The van der Waals surface area contributed by atoms with Crippen LogP contribution in [-0.4, -0.2) is 14.9 Å². The van der Waals surface area contributed by atoms with Crippen molar-refractivity contribution in [2.45, 2.75) is 6.92 Å². The SMILES string of the molecule is C=C(C=CC)n1nc(-c2ccccc2O)cc1C=Cc1ccc(Cl)cc1. The molecule has 1 N–H and O–H groups in total. The molecule has 0 amide bonds. The fourth-order valence-electron chi connectivity index (χ4n) is 2.58. The first-order valence-corrected chi connectivity index (χ1v) is 8.60. The number of phenolic OH excluding ortho intramolecular Hbond substituents is 1. The highest BCUT2D eigenvalue weighted by atomic mass is 35.5. The van der Waals surface area contributed by atoms with Gasteiger partial charge in [-0.05, 0) is 55.0 Å². The maximum atomic E-state index is 10.1. The van der Waals surface area contributed by atoms with E-state index in [4.69, 9.17) is 11.6 Å². The number of para-hydroxylation sites is 1. The number of hydrogen-bond acceptors (Lipinski definition) is 2. The van der Waals surface area contributed by atoms with Crippen molar-refractivity contribution in [2.75, 3.05) is 0 Å². The Morgan fingerprint density at radius 2 is 1.85 bits per heavy atom. The molecule has 0 radical (unpaired) electrons. The van der Waals surface area contributed by atoms with Crippen molar-refractivity contribution in [3.63, 3.8) is 0 Å². The lowest BCUT2D eigenvalue weighted by molar-refractivity contribution is 0.477. The van der Waals surface area contributed by atoms with Crippen molar-refractivity contribution in [3.05, 3.63) is 89.6 Å². The summed E-state index contributed by atoms with van der Waals surface area (Å²) < 4.78 is 1.76. The molecule has 0 fully saturated rings. The summed E-state index contributed by atoms with van der Waals surface area (Å²) in [6, 6.07) is 16.7. The molecule has 2 aromatic carbocycles. The minimum Gasteiger partial charge on any atom is -0.507 e. The normalized spacial score (nSPS) is 11.5. The van der Waals surface area contributed by atoms with Crippen LogP contribution in [0.4, 0.5) is 0 Å². The predicted molar refractivity (Wildman–Crippen MR) is 110 cm³/mol. The predicted octanol–water partition coefficient (Wildman–Crippen LogP) is 6.13. The van der Waals surface area contributed by atoms with Gasteiger partial charge in [-0.15, -0.1) is 0 Å². The maximum absolute atomic E-state index is 10.1.